The van der Waals surface area contributed by atoms with Crippen LogP contribution >= 0.6 is 0 Å². The zero-order valence-corrected chi connectivity index (χ0v) is 13.3. The van der Waals surface area contributed by atoms with Crippen LogP contribution in [0.3, 0.4) is 0 Å². The Morgan fingerprint density at radius 3 is 2.86 bits per heavy atom. The third-order valence-electron chi connectivity index (χ3n) is 4.31. The van der Waals surface area contributed by atoms with E-state index in [1.54, 1.807) is 0 Å². The van der Waals surface area contributed by atoms with Crippen molar-refractivity contribution in [1.82, 2.24) is 4.98 Å². The van der Waals surface area contributed by atoms with Crippen LogP contribution < -0.4 is 10.6 Å². The predicted molar refractivity (Wildman–Crippen MR) is 86.1 cm³/mol. The summed E-state index contributed by atoms with van der Waals surface area (Å²) in [6.07, 6.45) is 5.96. The molecule has 1 aromatic heterocycles. The van der Waals surface area contributed by atoms with Crippen LogP contribution in [0.1, 0.15) is 55.8 Å². The Labute approximate surface area is 126 Å². The number of nitrogens with zero attached hydrogens (tertiary/aromatic N) is 3. The van der Waals surface area contributed by atoms with E-state index in [4.69, 9.17) is 15.9 Å². The fraction of sp³-hybridized carbons (Fsp3) is 0.625. The van der Waals surface area contributed by atoms with Crippen LogP contribution in [0.2, 0.25) is 0 Å². The molecule has 1 saturated heterocycles. The molecule has 1 unspecified atom stereocenters. The molecule has 0 spiro atoms. The van der Waals surface area contributed by atoms with E-state index in [-0.39, 0.29) is 5.84 Å². The Morgan fingerprint density at radius 1 is 1.43 bits per heavy atom. The first kappa shape index (κ1) is 15.6. The van der Waals surface area contributed by atoms with Crippen LogP contribution in [0.15, 0.2) is 11.2 Å². The molecule has 5 nitrogen and oxygen atoms in total. The maximum absolute atomic E-state index is 9.10. The zero-order chi connectivity index (χ0) is 15.4. The number of rotatable bonds is 3. The number of amidine groups is 1. The molecule has 3 N–H and O–H groups in total. The molecule has 0 aromatic carbocycles. The van der Waals surface area contributed by atoms with Crippen molar-refractivity contribution in [1.29, 1.82) is 0 Å². The van der Waals surface area contributed by atoms with E-state index >= 15 is 0 Å². The number of hydrogen-bond donors (Lipinski definition) is 2. The van der Waals surface area contributed by atoms with Gasteiger partial charge in [-0.05, 0) is 44.7 Å². The van der Waals surface area contributed by atoms with E-state index in [0.29, 0.717) is 6.04 Å². The molecule has 21 heavy (non-hydrogen) atoms. The second-order valence-corrected chi connectivity index (χ2v) is 5.87. The molecule has 2 heterocycles. The van der Waals surface area contributed by atoms with E-state index in [1.165, 1.54) is 25.7 Å². The molecule has 1 aliphatic heterocycles. The van der Waals surface area contributed by atoms with Crippen LogP contribution in [0.5, 0.6) is 0 Å². The Bertz CT molecular complexity index is 527. The SMILES string of the molecule is CCC1CCCCCN1c1nc(C)cc(C)c1/C(N)=N/O. The van der Waals surface area contributed by atoms with Gasteiger partial charge in [0.05, 0.1) is 5.56 Å². The van der Waals surface area contributed by atoms with Crippen LogP contribution in [0.25, 0.3) is 0 Å². The molecule has 0 bridgehead atoms. The first-order chi connectivity index (χ1) is 10.1. The van der Waals surface area contributed by atoms with Crippen LogP contribution in [-0.2, 0) is 0 Å². The Hall–Kier alpha value is -1.78. The second kappa shape index (κ2) is 6.78. The minimum absolute atomic E-state index is 0.147. The van der Waals surface area contributed by atoms with Gasteiger partial charge in [-0.2, -0.15) is 0 Å². The third-order valence-corrected chi connectivity index (χ3v) is 4.31. The molecule has 1 atom stereocenters. The molecular weight excluding hydrogens is 264 g/mol. The van der Waals surface area contributed by atoms with E-state index in [0.717, 1.165) is 35.6 Å². The quantitative estimate of drug-likeness (QED) is 0.388. The molecule has 116 valence electrons. The molecule has 1 aliphatic rings. The van der Waals surface area contributed by atoms with Crippen LogP contribution in [-0.4, -0.2) is 28.6 Å². The summed E-state index contributed by atoms with van der Waals surface area (Å²) in [5.41, 5.74) is 8.65. The van der Waals surface area contributed by atoms with Gasteiger partial charge in [-0.25, -0.2) is 4.98 Å². The lowest BCUT2D eigenvalue weighted by Crippen LogP contribution is -2.37. The van der Waals surface area contributed by atoms with Crippen molar-refractivity contribution in [3.8, 4) is 0 Å². The topological polar surface area (TPSA) is 74.7 Å². The van der Waals surface area contributed by atoms with Gasteiger partial charge in [-0.1, -0.05) is 24.9 Å². The summed E-state index contributed by atoms with van der Waals surface area (Å²) in [5, 5.41) is 12.3. The van der Waals surface area contributed by atoms with Crippen LogP contribution in [0.4, 0.5) is 5.82 Å². The molecule has 5 heteroatoms. The fourth-order valence-corrected chi connectivity index (χ4v) is 3.27. The lowest BCUT2D eigenvalue weighted by molar-refractivity contribution is 0.318. The van der Waals surface area contributed by atoms with Crippen molar-refractivity contribution in [2.75, 3.05) is 11.4 Å². The molecule has 0 radical (unpaired) electrons. The average Bonchev–Trinajstić information content (AvgIpc) is 2.70. The molecular formula is C16H26N4O. The summed E-state index contributed by atoms with van der Waals surface area (Å²) in [4.78, 5) is 7.08. The first-order valence-corrected chi connectivity index (χ1v) is 7.81. The van der Waals surface area contributed by atoms with E-state index in [2.05, 4.69) is 17.0 Å². The van der Waals surface area contributed by atoms with Crippen molar-refractivity contribution in [3.63, 3.8) is 0 Å². The third kappa shape index (κ3) is 3.28. The maximum atomic E-state index is 9.10. The predicted octanol–water partition coefficient (Wildman–Crippen LogP) is 2.95. The maximum Gasteiger partial charge on any atom is 0.174 e. The number of pyridine rings is 1. The van der Waals surface area contributed by atoms with E-state index in [1.807, 2.05) is 19.9 Å². The molecule has 0 aliphatic carbocycles. The van der Waals surface area contributed by atoms with Crippen molar-refractivity contribution in [2.24, 2.45) is 10.9 Å². The van der Waals surface area contributed by atoms with Gasteiger partial charge >= 0.3 is 0 Å². The highest BCUT2D eigenvalue weighted by molar-refractivity contribution is 6.02. The Kier molecular flexibility index (Phi) is 5.04. The number of aromatic nitrogens is 1. The lowest BCUT2D eigenvalue weighted by Gasteiger charge is -2.32. The smallest absolute Gasteiger partial charge is 0.174 e. The summed E-state index contributed by atoms with van der Waals surface area (Å²) in [6, 6.07) is 2.46. The number of oxime groups is 1. The number of aryl methyl sites for hydroxylation is 2. The molecule has 1 fully saturated rings. The van der Waals surface area contributed by atoms with Crippen molar-refractivity contribution >= 4 is 11.7 Å². The molecule has 1 aromatic rings. The van der Waals surface area contributed by atoms with Gasteiger partial charge in [-0.3, -0.25) is 0 Å². The number of anilines is 1. The summed E-state index contributed by atoms with van der Waals surface area (Å²) in [5.74, 6) is 1.02. The summed E-state index contributed by atoms with van der Waals surface area (Å²) >= 11 is 0. The van der Waals surface area contributed by atoms with Gasteiger partial charge in [0.25, 0.3) is 0 Å². The highest BCUT2D eigenvalue weighted by atomic mass is 16.4. The number of nitrogens with two attached hydrogens (primary N) is 1. The highest BCUT2D eigenvalue weighted by Gasteiger charge is 2.25. The van der Waals surface area contributed by atoms with Gasteiger partial charge in [-0.15, -0.1) is 0 Å². The first-order valence-electron chi connectivity index (χ1n) is 7.81. The molecule has 0 saturated carbocycles. The minimum Gasteiger partial charge on any atom is -0.409 e. The lowest BCUT2D eigenvalue weighted by atomic mass is 10.0. The van der Waals surface area contributed by atoms with Gasteiger partial charge in [0, 0.05) is 18.3 Å². The fourth-order valence-electron chi connectivity index (χ4n) is 3.27. The van der Waals surface area contributed by atoms with E-state index < -0.39 is 0 Å². The Morgan fingerprint density at radius 2 is 2.19 bits per heavy atom. The van der Waals surface area contributed by atoms with Crippen molar-refractivity contribution < 1.29 is 5.21 Å². The number of hydrogen-bond acceptors (Lipinski definition) is 4. The largest absolute Gasteiger partial charge is 0.409 e. The normalized spacial score (nSPS) is 20.4. The standard InChI is InChI=1S/C16H26N4O/c1-4-13-8-6-5-7-9-20(13)16-14(15(17)19-21)11(2)10-12(3)18-16/h10,13,21H,4-9H2,1-3H3,(H2,17,19). The van der Waals surface area contributed by atoms with Crippen LogP contribution in [0, 0.1) is 13.8 Å². The van der Waals surface area contributed by atoms with Gasteiger partial charge in [0.15, 0.2) is 5.84 Å². The summed E-state index contributed by atoms with van der Waals surface area (Å²) in [6.45, 7) is 7.19. The monoisotopic (exact) mass is 290 g/mol. The van der Waals surface area contributed by atoms with Gasteiger partial charge < -0.3 is 15.8 Å². The van der Waals surface area contributed by atoms with Gasteiger partial charge in [0.2, 0.25) is 0 Å². The summed E-state index contributed by atoms with van der Waals surface area (Å²) in [7, 11) is 0. The van der Waals surface area contributed by atoms with Gasteiger partial charge in [0.1, 0.15) is 5.82 Å². The summed E-state index contributed by atoms with van der Waals surface area (Å²) < 4.78 is 0. The van der Waals surface area contributed by atoms with Crippen molar-refractivity contribution in [3.05, 3.63) is 22.9 Å². The minimum atomic E-state index is 0.147. The highest BCUT2D eigenvalue weighted by Crippen LogP contribution is 2.29. The Balaban J connectivity index is 2.54. The molecule has 0 amide bonds. The zero-order valence-electron chi connectivity index (χ0n) is 13.3. The second-order valence-electron chi connectivity index (χ2n) is 5.87. The average molecular weight is 290 g/mol. The van der Waals surface area contributed by atoms with Crippen molar-refractivity contribution in [2.45, 2.75) is 58.9 Å². The molecule has 2 rings (SSSR count). The van der Waals surface area contributed by atoms with E-state index in [9.17, 15) is 0 Å².